The number of rotatable bonds is 41. The van der Waals surface area contributed by atoms with Gasteiger partial charge in [-0.3, -0.25) is 9.35 Å². The van der Waals surface area contributed by atoms with Crippen LogP contribution in [0.1, 0.15) is 226 Å². The third kappa shape index (κ3) is 41.5. The van der Waals surface area contributed by atoms with E-state index in [1.54, 1.807) is 0 Å². The van der Waals surface area contributed by atoms with Crippen LogP contribution < -0.4 is 5.32 Å². The molecule has 0 saturated carbocycles. The van der Waals surface area contributed by atoms with Gasteiger partial charge in [-0.15, -0.1) is 0 Å². The molecule has 0 aliphatic rings. The van der Waals surface area contributed by atoms with Crippen molar-refractivity contribution in [3.05, 3.63) is 48.6 Å². The molecule has 0 aliphatic heterocycles. The Morgan fingerprint density at radius 3 is 1.31 bits per heavy atom. The Balaban J connectivity index is 3.81. The Hall–Kier alpha value is -1.70. The number of amides is 1. The molecule has 0 aliphatic carbocycles. The fraction of sp³-hybridized carbons (Fsp3) is 0.809. The number of nitrogens with one attached hydrogen (secondary N) is 1. The highest BCUT2D eigenvalue weighted by Gasteiger charge is 2.26. The molecule has 54 heavy (non-hydrogen) atoms. The summed E-state index contributed by atoms with van der Waals surface area (Å²) in [5.74, 6) is -0.900. The molecule has 0 aromatic rings. The van der Waals surface area contributed by atoms with Gasteiger partial charge >= 0.3 is 0 Å². The molecular weight excluding hydrogens is 691 g/mol. The Labute approximate surface area is 335 Å². The van der Waals surface area contributed by atoms with Crippen molar-refractivity contribution in [2.75, 3.05) is 5.75 Å². The average molecular weight is 778 g/mol. The Kier molecular flexibility index (Phi) is 39.7. The second kappa shape index (κ2) is 40.9. The van der Waals surface area contributed by atoms with Crippen molar-refractivity contribution in [1.82, 2.24) is 5.32 Å². The summed E-state index contributed by atoms with van der Waals surface area (Å²) in [5, 5.41) is 13.4. The number of hydrogen-bond donors (Lipinski definition) is 3. The van der Waals surface area contributed by atoms with Crippen LogP contribution in [0.25, 0.3) is 0 Å². The lowest BCUT2D eigenvalue weighted by Gasteiger charge is -2.23. The summed E-state index contributed by atoms with van der Waals surface area (Å²) >= 11 is 0. The summed E-state index contributed by atoms with van der Waals surface area (Å²) in [6.45, 7) is 4.42. The minimum absolute atomic E-state index is 0.250. The van der Waals surface area contributed by atoms with Gasteiger partial charge in [-0.2, -0.15) is 8.42 Å². The molecule has 0 radical (unpaired) electrons. The van der Waals surface area contributed by atoms with E-state index in [9.17, 15) is 22.9 Å². The summed E-state index contributed by atoms with van der Waals surface area (Å²) < 4.78 is 32.6. The molecule has 6 nitrogen and oxygen atoms in total. The van der Waals surface area contributed by atoms with Gasteiger partial charge in [0, 0.05) is 6.42 Å². The van der Waals surface area contributed by atoms with E-state index in [0.717, 1.165) is 64.2 Å². The van der Waals surface area contributed by atoms with Crippen molar-refractivity contribution in [1.29, 1.82) is 0 Å². The number of allylic oxidation sites excluding steroid dienone is 8. The fourth-order valence-electron chi connectivity index (χ4n) is 6.92. The number of hydrogen-bond acceptors (Lipinski definition) is 4. The van der Waals surface area contributed by atoms with Crippen molar-refractivity contribution in [3.63, 3.8) is 0 Å². The number of carbonyl (C=O) groups excluding carboxylic acids is 1. The van der Waals surface area contributed by atoms with E-state index in [4.69, 9.17) is 0 Å². The van der Waals surface area contributed by atoms with Gasteiger partial charge in [-0.1, -0.05) is 217 Å². The summed E-state index contributed by atoms with van der Waals surface area (Å²) in [6, 6.07) is -0.974. The lowest BCUT2D eigenvalue weighted by atomic mass is 10.0. The summed E-state index contributed by atoms with van der Waals surface area (Å²) in [5.41, 5.74) is 0. The zero-order valence-electron chi connectivity index (χ0n) is 35.3. The van der Waals surface area contributed by atoms with Gasteiger partial charge < -0.3 is 10.4 Å². The first-order valence-corrected chi connectivity index (χ1v) is 24.4. The summed E-state index contributed by atoms with van der Waals surface area (Å²) in [7, 11) is -4.31. The summed E-state index contributed by atoms with van der Waals surface area (Å²) in [4.78, 5) is 12.6. The van der Waals surface area contributed by atoms with E-state index < -0.39 is 28.0 Å². The summed E-state index contributed by atoms with van der Waals surface area (Å²) in [6.07, 6.45) is 54.9. The van der Waals surface area contributed by atoms with Crippen LogP contribution in [0, 0.1) is 0 Å². The average Bonchev–Trinajstić information content (AvgIpc) is 3.14. The molecule has 0 rings (SSSR count). The van der Waals surface area contributed by atoms with Gasteiger partial charge in [-0.05, 0) is 51.4 Å². The van der Waals surface area contributed by atoms with Crippen LogP contribution >= 0.6 is 0 Å². The Bertz CT molecular complexity index is 1030. The largest absolute Gasteiger partial charge is 0.391 e. The van der Waals surface area contributed by atoms with Gasteiger partial charge in [0.15, 0.2) is 0 Å². The van der Waals surface area contributed by atoms with Gasteiger partial charge in [-0.25, -0.2) is 0 Å². The molecule has 316 valence electrons. The van der Waals surface area contributed by atoms with Crippen molar-refractivity contribution in [2.24, 2.45) is 0 Å². The van der Waals surface area contributed by atoms with Crippen LogP contribution in [0.15, 0.2) is 48.6 Å². The van der Waals surface area contributed by atoms with Crippen LogP contribution in [0.4, 0.5) is 0 Å². The molecule has 0 fully saturated rings. The molecule has 2 atom stereocenters. The zero-order chi connectivity index (χ0) is 39.6. The maximum absolute atomic E-state index is 12.6. The maximum Gasteiger partial charge on any atom is 0.266 e. The smallest absolute Gasteiger partial charge is 0.266 e. The first kappa shape index (κ1) is 52.3. The van der Waals surface area contributed by atoms with Crippen molar-refractivity contribution in [2.45, 2.75) is 238 Å². The molecule has 0 aromatic carbocycles. The Morgan fingerprint density at radius 2 is 0.889 bits per heavy atom. The zero-order valence-corrected chi connectivity index (χ0v) is 36.2. The van der Waals surface area contributed by atoms with Gasteiger partial charge in [0.25, 0.3) is 10.1 Å². The minimum atomic E-state index is -4.31. The van der Waals surface area contributed by atoms with Crippen molar-refractivity contribution >= 4 is 16.0 Å². The third-order valence-electron chi connectivity index (χ3n) is 10.3. The topological polar surface area (TPSA) is 104 Å². The highest BCUT2D eigenvalue weighted by Crippen LogP contribution is 2.16. The molecule has 0 aromatic heterocycles. The SMILES string of the molecule is CC/C=C\C/C=C\C/C=C\C/C=C\CCCCCCCCCCCCC(=O)NC(CS(=O)(=O)O)C(O)CCCCCCCCCCCCCCCCCC. The van der Waals surface area contributed by atoms with Crippen LogP contribution in [-0.2, 0) is 14.9 Å². The van der Waals surface area contributed by atoms with Gasteiger partial charge in [0.2, 0.25) is 5.91 Å². The van der Waals surface area contributed by atoms with Crippen LogP contribution in [0.2, 0.25) is 0 Å². The highest BCUT2D eigenvalue weighted by molar-refractivity contribution is 7.85. The van der Waals surface area contributed by atoms with E-state index in [0.29, 0.717) is 12.8 Å². The molecule has 1 amide bonds. The number of unbranched alkanes of at least 4 members (excludes halogenated alkanes) is 25. The Morgan fingerprint density at radius 1 is 0.519 bits per heavy atom. The molecule has 3 N–H and O–H groups in total. The van der Waals surface area contributed by atoms with Crippen molar-refractivity contribution in [3.8, 4) is 0 Å². The molecule has 0 heterocycles. The van der Waals surface area contributed by atoms with E-state index >= 15 is 0 Å². The van der Waals surface area contributed by atoms with Crippen LogP contribution in [0.3, 0.4) is 0 Å². The molecule has 2 unspecified atom stereocenters. The molecule has 0 bridgehead atoms. The lowest BCUT2D eigenvalue weighted by Crippen LogP contribution is -2.47. The standard InChI is InChI=1S/C47H87NO5S/c1-3-5-7-9-11-13-15-17-19-21-22-23-24-25-26-27-29-31-33-35-37-39-41-43-47(50)48-45(44-54(51,52)53)46(49)42-40-38-36-34-32-30-28-20-18-16-14-12-10-8-6-4-2/h5,7,11,13,17,19,22-23,45-46,49H,3-4,6,8-10,12,14-16,18,20-21,24-44H2,1-2H3,(H,48,50)(H,51,52,53)/b7-5-,13-11-,19-17-,23-22-. The third-order valence-corrected chi connectivity index (χ3v) is 11.1. The number of carbonyl (C=O) groups is 1. The van der Waals surface area contributed by atoms with Gasteiger partial charge in [0.1, 0.15) is 0 Å². The van der Waals surface area contributed by atoms with E-state index in [1.165, 1.54) is 135 Å². The number of aliphatic hydroxyl groups excluding tert-OH is 1. The molecular formula is C47H87NO5S. The van der Waals surface area contributed by atoms with E-state index in [-0.39, 0.29) is 5.91 Å². The second-order valence-electron chi connectivity index (χ2n) is 15.7. The number of aliphatic hydroxyl groups is 1. The quantitative estimate of drug-likeness (QED) is 0.0326. The van der Waals surface area contributed by atoms with Gasteiger partial charge in [0.05, 0.1) is 17.9 Å². The minimum Gasteiger partial charge on any atom is -0.391 e. The first-order chi connectivity index (χ1) is 26.3. The predicted octanol–water partition coefficient (Wildman–Crippen LogP) is 13.9. The first-order valence-electron chi connectivity index (χ1n) is 22.8. The molecule has 0 spiro atoms. The van der Waals surface area contributed by atoms with Crippen LogP contribution in [0.5, 0.6) is 0 Å². The van der Waals surface area contributed by atoms with Crippen LogP contribution in [-0.4, -0.2) is 41.9 Å². The van der Waals surface area contributed by atoms with E-state index in [2.05, 4.69) is 67.8 Å². The predicted molar refractivity (Wildman–Crippen MR) is 235 cm³/mol. The normalized spacial score (nSPS) is 13.6. The molecule has 7 heteroatoms. The van der Waals surface area contributed by atoms with E-state index in [1.807, 2.05) is 0 Å². The monoisotopic (exact) mass is 778 g/mol. The highest BCUT2D eigenvalue weighted by atomic mass is 32.2. The van der Waals surface area contributed by atoms with Crippen molar-refractivity contribution < 1.29 is 22.9 Å². The lowest BCUT2D eigenvalue weighted by molar-refractivity contribution is -0.122. The second-order valence-corrected chi connectivity index (χ2v) is 17.2. The molecule has 0 saturated heterocycles. The maximum atomic E-state index is 12.6. The fourth-order valence-corrected chi connectivity index (χ4v) is 7.68.